The maximum Gasteiger partial charge on any atom is 0.0626 e. The molecule has 0 aliphatic rings. The molecular formula is C17H29NO. The van der Waals surface area contributed by atoms with Crippen LogP contribution < -0.4 is 5.32 Å². The molecule has 1 aromatic carbocycles. The van der Waals surface area contributed by atoms with Gasteiger partial charge in [0.15, 0.2) is 0 Å². The molecule has 0 heterocycles. The van der Waals surface area contributed by atoms with Crippen molar-refractivity contribution >= 4 is 0 Å². The van der Waals surface area contributed by atoms with Gasteiger partial charge >= 0.3 is 0 Å². The molecule has 108 valence electrons. The van der Waals surface area contributed by atoms with Gasteiger partial charge in [-0.15, -0.1) is 0 Å². The lowest BCUT2D eigenvalue weighted by molar-refractivity contribution is 0.0613. The third-order valence-corrected chi connectivity index (χ3v) is 3.28. The van der Waals surface area contributed by atoms with Gasteiger partial charge in [-0.05, 0) is 58.2 Å². The number of rotatable bonds is 8. The molecule has 0 radical (unpaired) electrons. The fraction of sp³-hybridized carbons (Fsp3) is 0.647. The van der Waals surface area contributed by atoms with Gasteiger partial charge < -0.3 is 10.1 Å². The quantitative estimate of drug-likeness (QED) is 0.773. The van der Waals surface area contributed by atoms with E-state index >= 15 is 0 Å². The van der Waals surface area contributed by atoms with Gasteiger partial charge in [0.1, 0.15) is 0 Å². The van der Waals surface area contributed by atoms with E-state index in [1.54, 1.807) is 0 Å². The highest BCUT2D eigenvalue weighted by molar-refractivity contribution is 5.31. The summed E-state index contributed by atoms with van der Waals surface area (Å²) in [6, 6.07) is 7.09. The van der Waals surface area contributed by atoms with Crippen molar-refractivity contribution in [3.05, 3.63) is 34.9 Å². The van der Waals surface area contributed by atoms with Gasteiger partial charge in [0.05, 0.1) is 12.7 Å². The smallest absolute Gasteiger partial charge is 0.0626 e. The summed E-state index contributed by atoms with van der Waals surface area (Å²) >= 11 is 0. The van der Waals surface area contributed by atoms with Crippen LogP contribution in [0, 0.1) is 13.8 Å². The molecule has 0 fully saturated rings. The maximum absolute atomic E-state index is 5.78. The molecule has 2 heteroatoms. The Morgan fingerprint density at radius 3 is 2.58 bits per heavy atom. The molecule has 1 aromatic rings. The molecule has 2 nitrogen and oxygen atoms in total. The first-order valence-corrected chi connectivity index (χ1v) is 7.44. The third kappa shape index (κ3) is 6.22. The highest BCUT2D eigenvalue weighted by Crippen LogP contribution is 2.13. The van der Waals surface area contributed by atoms with Crippen LogP contribution >= 0.6 is 0 Å². The molecule has 0 spiro atoms. The average molecular weight is 263 g/mol. The lowest BCUT2D eigenvalue weighted by Crippen LogP contribution is -2.37. The molecule has 0 aromatic heterocycles. The molecular weight excluding hydrogens is 234 g/mol. The Bertz CT molecular complexity index is 374. The van der Waals surface area contributed by atoms with Crippen molar-refractivity contribution in [1.82, 2.24) is 5.32 Å². The van der Waals surface area contributed by atoms with E-state index in [0.717, 1.165) is 26.0 Å². The molecule has 0 bridgehead atoms. The summed E-state index contributed by atoms with van der Waals surface area (Å²) in [4.78, 5) is 0. The van der Waals surface area contributed by atoms with Gasteiger partial charge in [0.2, 0.25) is 0 Å². The van der Waals surface area contributed by atoms with Crippen molar-refractivity contribution in [2.75, 3.05) is 13.2 Å². The molecule has 0 saturated heterocycles. The van der Waals surface area contributed by atoms with E-state index in [1.807, 2.05) is 0 Å². The minimum absolute atomic E-state index is 0.296. The van der Waals surface area contributed by atoms with Crippen LogP contribution in [-0.4, -0.2) is 25.3 Å². The Hall–Kier alpha value is -0.860. The first-order chi connectivity index (χ1) is 9.02. The van der Waals surface area contributed by atoms with Crippen LogP contribution in [0.2, 0.25) is 0 Å². The molecule has 0 aliphatic heterocycles. The van der Waals surface area contributed by atoms with Gasteiger partial charge in [0.25, 0.3) is 0 Å². The molecule has 1 rings (SSSR count). The summed E-state index contributed by atoms with van der Waals surface area (Å²) in [5.41, 5.74) is 4.14. The SMILES string of the molecule is CCCNC(COC(C)C)Cc1cc(C)ccc1C. The molecule has 0 amide bonds. The number of ether oxygens (including phenoxy) is 1. The minimum atomic E-state index is 0.296. The Kier molecular flexibility index (Phi) is 7.11. The van der Waals surface area contributed by atoms with Crippen LogP contribution in [-0.2, 0) is 11.2 Å². The fourth-order valence-corrected chi connectivity index (χ4v) is 2.13. The minimum Gasteiger partial charge on any atom is -0.377 e. The second-order valence-electron chi connectivity index (χ2n) is 5.67. The van der Waals surface area contributed by atoms with Gasteiger partial charge in [-0.2, -0.15) is 0 Å². The Morgan fingerprint density at radius 1 is 1.21 bits per heavy atom. The number of benzene rings is 1. The zero-order chi connectivity index (χ0) is 14.3. The summed E-state index contributed by atoms with van der Waals surface area (Å²) in [5.74, 6) is 0. The number of nitrogens with one attached hydrogen (secondary N) is 1. The molecule has 0 saturated carbocycles. The Morgan fingerprint density at radius 2 is 1.95 bits per heavy atom. The summed E-state index contributed by atoms with van der Waals surface area (Å²) in [6.07, 6.45) is 2.50. The number of hydrogen-bond acceptors (Lipinski definition) is 2. The predicted octanol–water partition coefficient (Wildman–Crippen LogP) is 3.64. The normalized spacial score (nSPS) is 12.9. The van der Waals surface area contributed by atoms with E-state index in [-0.39, 0.29) is 0 Å². The first kappa shape index (κ1) is 16.2. The number of aryl methyl sites for hydroxylation is 2. The molecule has 19 heavy (non-hydrogen) atoms. The van der Waals surface area contributed by atoms with Crippen LogP contribution in [0.3, 0.4) is 0 Å². The van der Waals surface area contributed by atoms with E-state index in [0.29, 0.717) is 12.1 Å². The molecule has 1 atom stereocenters. The van der Waals surface area contributed by atoms with Crippen molar-refractivity contribution in [2.45, 2.75) is 59.6 Å². The predicted molar refractivity (Wildman–Crippen MR) is 82.8 cm³/mol. The second-order valence-corrected chi connectivity index (χ2v) is 5.67. The Balaban J connectivity index is 2.66. The van der Waals surface area contributed by atoms with E-state index in [1.165, 1.54) is 16.7 Å². The van der Waals surface area contributed by atoms with Crippen molar-refractivity contribution in [2.24, 2.45) is 0 Å². The van der Waals surface area contributed by atoms with E-state index in [2.05, 4.69) is 58.1 Å². The van der Waals surface area contributed by atoms with Crippen molar-refractivity contribution < 1.29 is 4.74 Å². The van der Waals surface area contributed by atoms with Gasteiger partial charge in [-0.25, -0.2) is 0 Å². The monoisotopic (exact) mass is 263 g/mol. The highest BCUT2D eigenvalue weighted by atomic mass is 16.5. The molecule has 1 N–H and O–H groups in total. The maximum atomic E-state index is 5.78. The zero-order valence-electron chi connectivity index (χ0n) is 13.1. The third-order valence-electron chi connectivity index (χ3n) is 3.28. The lowest BCUT2D eigenvalue weighted by atomic mass is 9.99. The highest BCUT2D eigenvalue weighted by Gasteiger charge is 2.11. The van der Waals surface area contributed by atoms with Gasteiger partial charge in [-0.1, -0.05) is 30.7 Å². The van der Waals surface area contributed by atoms with Crippen molar-refractivity contribution in [3.63, 3.8) is 0 Å². The topological polar surface area (TPSA) is 21.3 Å². The van der Waals surface area contributed by atoms with Gasteiger partial charge in [-0.3, -0.25) is 0 Å². The van der Waals surface area contributed by atoms with E-state index in [9.17, 15) is 0 Å². The van der Waals surface area contributed by atoms with E-state index < -0.39 is 0 Å². The summed E-state index contributed by atoms with van der Waals surface area (Å²) in [6.45, 7) is 12.6. The van der Waals surface area contributed by atoms with Crippen LogP contribution in [0.15, 0.2) is 18.2 Å². The molecule has 0 aliphatic carbocycles. The molecule has 1 unspecified atom stereocenters. The van der Waals surface area contributed by atoms with E-state index in [4.69, 9.17) is 4.74 Å². The van der Waals surface area contributed by atoms with Gasteiger partial charge in [0, 0.05) is 6.04 Å². The Labute approximate surface area is 118 Å². The summed E-state index contributed by atoms with van der Waals surface area (Å²) in [7, 11) is 0. The van der Waals surface area contributed by atoms with Crippen LogP contribution in [0.1, 0.15) is 43.9 Å². The van der Waals surface area contributed by atoms with Crippen LogP contribution in [0.4, 0.5) is 0 Å². The second kappa shape index (κ2) is 8.34. The summed E-state index contributed by atoms with van der Waals surface area (Å²) in [5, 5.41) is 3.59. The summed E-state index contributed by atoms with van der Waals surface area (Å²) < 4.78 is 5.78. The first-order valence-electron chi connectivity index (χ1n) is 7.44. The van der Waals surface area contributed by atoms with Crippen molar-refractivity contribution in [1.29, 1.82) is 0 Å². The van der Waals surface area contributed by atoms with Crippen molar-refractivity contribution in [3.8, 4) is 0 Å². The number of hydrogen-bond donors (Lipinski definition) is 1. The fourth-order valence-electron chi connectivity index (χ4n) is 2.13. The lowest BCUT2D eigenvalue weighted by Gasteiger charge is -2.21. The zero-order valence-corrected chi connectivity index (χ0v) is 13.1. The standard InChI is InChI=1S/C17H29NO/c1-6-9-18-17(12-19-13(2)3)11-16-10-14(4)7-8-15(16)5/h7-8,10,13,17-18H,6,9,11-12H2,1-5H3. The van der Waals surface area contributed by atoms with Crippen LogP contribution in [0.25, 0.3) is 0 Å². The average Bonchev–Trinajstić information content (AvgIpc) is 2.36. The van der Waals surface area contributed by atoms with Crippen LogP contribution in [0.5, 0.6) is 0 Å². The largest absolute Gasteiger partial charge is 0.377 e.